The molecule has 0 radical (unpaired) electrons. The Balaban J connectivity index is 2.03. The zero-order valence-electron chi connectivity index (χ0n) is 15.8. The van der Waals surface area contributed by atoms with Crippen LogP contribution in [0.2, 0.25) is 0 Å². The normalized spacial score (nSPS) is 51.6. The number of rotatable bonds is 2. The second kappa shape index (κ2) is 5.29. The van der Waals surface area contributed by atoms with E-state index < -0.39 is 28.8 Å². The molecule has 4 heteroatoms. The van der Waals surface area contributed by atoms with E-state index in [4.69, 9.17) is 4.74 Å². The van der Waals surface area contributed by atoms with Crippen molar-refractivity contribution in [2.24, 2.45) is 16.7 Å². The molecule has 3 rings (SSSR count). The van der Waals surface area contributed by atoms with Crippen LogP contribution < -0.4 is 0 Å². The lowest BCUT2D eigenvalue weighted by molar-refractivity contribution is -0.287. The highest BCUT2D eigenvalue weighted by Gasteiger charge is 2.71. The maximum absolute atomic E-state index is 11.8. The minimum Gasteiger partial charge on any atom is -0.392 e. The van der Waals surface area contributed by atoms with Crippen molar-refractivity contribution >= 4 is 0 Å². The van der Waals surface area contributed by atoms with Crippen LogP contribution in [-0.4, -0.2) is 44.8 Å². The van der Waals surface area contributed by atoms with Crippen LogP contribution in [0.15, 0.2) is 12.2 Å². The average molecular weight is 338 g/mol. The lowest BCUT2D eigenvalue weighted by Gasteiger charge is -2.66. The van der Waals surface area contributed by atoms with E-state index in [1.54, 1.807) is 6.92 Å². The van der Waals surface area contributed by atoms with Gasteiger partial charge in [-0.25, -0.2) is 0 Å². The van der Waals surface area contributed by atoms with Gasteiger partial charge in [0.2, 0.25) is 0 Å². The summed E-state index contributed by atoms with van der Waals surface area (Å²) < 4.78 is 6.37. The van der Waals surface area contributed by atoms with Gasteiger partial charge in [-0.15, -0.1) is 0 Å². The Bertz CT molecular complexity index is 542. The minimum atomic E-state index is -0.910. The molecule has 3 N–H and O–H groups in total. The Morgan fingerprint density at radius 1 is 1.17 bits per heavy atom. The molecule has 3 fully saturated rings. The maximum Gasteiger partial charge on any atom is 0.0818 e. The third kappa shape index (κ3) is 2.13. The van der Waals surface area contributed by atoms with Crippen molar-refractivity contribution in [3.63, 3.8) is 0 Å². The van der Waals surface area contributed by atoms with Crippen LogP contribution in [0.3, 0.4) is 0 Å². The topological polar surface area (TPSA) is 69.9 Å². The molecular formula is C20H34O4. The Morgan fingerprint density at radius 2 is 1.79 bits per heavy atom. The first-order valence-electron chi connectivity index (χ1n) is 9.34. The van der Waals surface area contributed by atoms with E-state index in [0.717, 1.165) is 12.8 Å². The molecular weight excluding hydrogens is 304 g/mol. The molecule has 0 unspecified atom stereocenters. The molecule has 0 bridgehead atoms. The lowest BCUT2D eigenvalue weighted by Crippen LogP contribution is -2.71. The van der Waals surface area contributed by atoms with Gasteiger partial charge in [-0.05, 0) is 56.9 Å². The van der Waals surface area contributed by atoms with Crippen molar-refractivity contribution in [2.45, 2.75) is 96.2 Å². The van der Waals surface area contributed by atoms with Crippen LogP contribution in [0.5, 0.6) is 0 Å². The van der Waals surface area contributed by atoms with E-state index in [0.29, 0.717) is 24.8 Å². The van der Waals surface area contributed by atoms with Crippen molar-refractivity contribution in [3.05, 3.63) is 12.2 Å². The molecule has 0 amide bonds. The molecule has 0 aromatic rings. The highest BCUT2D eigenvalue weighted by Crippen LogP contribution is 2.67. The largest absolute Gasteiger partial charge is 0.392 e. The molecule has 3 aliphatic rings. The van der Waals surface area contributed by atoms with Crippen LogP contribution >= 0.6 is 0 Å². The van der Waals surface area contributed by atoms with Crippen molar-refractivity contribution < 1.29 is 20.1 Å². The SMILES string of the molecule is C=C([C@@H]1C[C@@H]2[C@@]3(C)[C@@H](O)CCC(C)(C)[C@]3(O)CC[C@@]2(C)O1)[C@@H](C)O. The molecule has 1 heterocycles. The Labute approximate surface area is 145 Å². The lowest BCUT2D eigenvalue weighted by atomic mass is 9.42. The van der Waals surface area contributed by atoms with Gasteiger partial charge in [0, 0.05) is 11.3 Å². The summed E-state index contributed by atoms with van der Waals surface area (Å²) in [6.45, 7) is 14.1. The number of aliphatic hydroxyl groups is 3. The zero-order valence-corrected chi connectivity index (χ0v) is 15.8. The first kappa shape index (κ1) is 18.4. The minimum absolute atomic E-state index is 0.0406. The van der Waals surface area contributed by atoms with Crippen LogP contribution in [0.25, 0.3) is 0 Å². The smallest absolute Gasteiger partial charge is 0.0818 e. The summed E-state index contributed by atoms with van der Waals surface area (Å²) >= 11 is 0. The van der Waals surface area contributed by atoms with E-state index >= 15 is 0 Å². The monoisotopic (exact) mass is 338 g/mol. The Morgan fingerprint density at radius 3 is 2.38 bits per heavy atom. The fourth-order valence-electron chi connectivity index (χ4n) is 6.09. The molecule has 4 nitrogen and oxygen atoms in total. The van der Waals surface area contributed by atoms with E-state index in [1.165, 1.54) is 0 Å². The second-order valence-corrected chi connectivity index (χ2v) is 9.54. The molecule has 1 aliphatic heterocycles. The zero-order chi connectivity index (χ0) is 18.1. The summed E-state index contributed by atoms with van der Waals surface area (Å²) in [5, 5.41) is 32.6. The number of aliphatic hydroxyl groups excluding tert-OH is 2. The summed E-state index contributed by atoms with van der Waals surface area (Å²) in [5.41, 5.74) is -1.45. The number of hydrogen-bond donors (Lipinski definition) is 3. The van der Waals surface area contributed by atoms with E-state index in [1.807, 2.05) is 0 Å². The molecule has 0 aromatic heterocycles. The highest BCUT2D eigenvalue weighted by molar-refractivity contribution is 5.23. The van der Waals surface area contributed by atoms with Crippen LogP contribution in [-0.2, 0) is 4.74 Å². The molecule has 0 aromatic carbocycles. The van der Waals surface area contributed by atoms with Gasteiger partial charge in [0.25, 0.3) is 0 Å². The van der Waals surface area contributed by atoms with Crippen molar-refractivity contribution in [1.82, 2.24) is 0 Å². The predicted octanol–water partition coefficient (Wildman–Crippen LogP) is 2.80. The summed E-state index contributed by atoms with van der Waals surface area (Å²) in [6.07, 6.45) is 2.27. The quantitative estimate of drug-likeness (QED) is 0.677. The van der Waals surface area contributed by atoms with Gasteiger partial charge in [-0.2, -0.15) is 0 Å². The number of ether oxygens (including phenoxy) is 1. The predicted molar refractivity (Wildman–Crippen MR) is 93.5 cm³/mol. The van der Waals surface area contributed by atoms with Gasteiger partial charge < -0.3 is 20.1 Å². The van der Waals surface area contributed by atoms with Gasteiger partial charge in [-0.3, -0.25) is 0 Å². The Kier molecular flexibility index (Phi) is 4.05. The molecule has 24 heavy (non-hydrogen) atoms. The van der Waals surface area contributed by atoms with Gasteiger partial charge in [-0.1, -0.05) is 27.4 Å². The average Bonchev–Trinajstić information content (AvgIpc) is 2.85. The third-order valence-electron chi connectivity index (χ3n) is 8.00. The maximum atomic E-state index is 11.8. The Hall–Kier alpha value is -0.420. The van der Waals surface area contributed by atoms with E-state index in [2.05, 4.69) is 34.3 Å². The van der Waals surface area contributed by atoms with E-state index in [-0.39, 0.29) is 17.4 Å². The fourth-order valence-corrected chi connectivity index (χ4v) is 6.09. The molecule has 7 atom stereocenters. The summed E-state index contributed by atoms with van der Waals surface area (Å²) in [4.78, 5) is 0. The number of fused-ring (bicyclic) bond motifs is 3. The van der Waals surface area contributed by atoms with Crippen molar-refractivity contribution in [1.29, 1.82) is 0 Å². The molecule has 1 saturated heterocycles. The van der Waals surface area contributed by atoms with Gasteiger partial charge >= 0.3 is 0 Å². The van der Waals surface area contributed by atoms with Gasteiger partial charge in [0.15, 0.2) is 0 Å². The molecule has 2 saturated carbocycles. The highest BCUT2D eigenvalue weighted by atomic mass is 16.5. The third-order valence-corrected chi connectivity index (χ3v) is 8.00. The second-order valence-electron chi connectivity index (χ2n) is 9.54. The van der Waals surface area contributed by atoms with Crippen LogP contribution in [0, 0.1) is 16.7 Å². The van der Waals surface area contributed by atoms with Gasteiger partial charge in [0.1, 0.15) is 0 Å². The summed E-state index contributed by atoms with van der Waals surface area (Å²) in [6, 6.07) is 0. The first-order chi connectivity index (χ1) is 10.9. The first-order valence-corrected chi connectivity index (χ1v) is 9.34. The van der Waals surface area contributed by atoms with Gasteiger partial charge in [0.05, 0.1) is 29.5 Å². The molecule has 138 valence electrons. The molecule has 2 aliphatic carbocycles. The standard InChI is InChI=1S/C20H34O4/c1-12(13(2)21)14-11-15-18(5,24-14)9-10-20(23)17(3,4)8-7-16(22)19(15,20)6/h13-16,21-23H,1,7-11H2,2-6H3/t13-,14+,15+,16+,18-,19+,20-/m1/s1. The summed E-state index contributed by atoms with van der Waals surface area (Å²) in [5.74, 6) is 0.0406. The van der Waals surface area contributed by atoms with Crippen molar-refractivity contribution in [2.75, 3.05) is 0 Å². The van der Waals surface area contributed by atoms with Crippen molar-refractivity contribution in [3.8, 4) is 0 Å². The van der Waals surface area contributed by atoms with E-state index in [9.17, 15) is 15.3 Å². The summed E-state index contributed by atoms with van der Waals surface area (Å²) in [7, 11) is 0. The molecule has 0 spiro atoms. The fraction of sp³-hybridized carbons (Fsp3) is 0.900. The van der Waals surface area contributed by atoms with Crippen LogP contribution in [0.1, 0.15) is 66.7 Å². The number of hydrogen-bond acceptors (Lipinski definition) is 4. The van der Waals surface area contributed by atoms with Crippen LogP contribution in [0.4, 0.5) is 0 Å².